The summed E-state index contributed by atoms with van der Waals surface area (Å²) in [5, 5.41) is 7.24. The number of aryl methyl sites for hydroxylation is 2. The Morgan fingerprint density at radius 2 is 1.81 bits per heavy atom. The van der Waals surface area contributed by atoms with E-state index in [4.69, 9.17) is 4.52 Å². The Labute approximate surface area is 182 Å². The Hall–Kier alpha value is -3.52. The number of rotatable bonds is 6. The predicted molar refractivity (Wildman–Crippen MR) is 118 cm³/mol. The minimum atomic E-state index is -0.459. The number of hydrogen-bond donors (Lipinski definition) is 1. The summed E-state index contributed by atoms with van der Waals surface area (Å²) in [6, 6.07) is 16.1. The van der Waals surface area contributed by atoms with Crippen molar-refractivity contribution in [3.8, 4) is 22.8 Å². The summed E-state index contributed by atoms with van der Waals surface area (Å²) >= 11 is 1.23. The molecule has 1 N–H and O–H groups in total. The first-order valence-electron chi connectivity index (χ1n) is 9.54. The fourth-order valence-electron chi connectivity index (χ4n) is 2.83. The van der Waals surface area contributed by atoms with Crippen molar-refractivity contribution in [2.75, 3.05) is 11.1 Å². The second-order valence-corrected chi connectivity index (χ2v) is 7.99. The van der Waals surface area contributed by atoms with Crippen LogP contribution in [0.4, 0.5) is 10.1 Å². The molecular formula is C23H19FN4O2S. The van der Waals surface area contributed by atoms with Crippen LogP contribution in [-0.2, 0) is 4.79 Å². The molecule has 0 saturated carbocycles. The molecule has 0 aliphatic heterocycles. The topological polar surface area (TPSA) is 80.9 Å². The van der Waals surface area contributed by atoms with Crippen LogP contribution in [0.25, 0.3) is 22.8 Å². The normalized spacial score (nSPS) is 10.8. The molecule has 0 spiro atoms. The Balaban J connectivity index is 1.41. The summed E-state index contributed by atoms with van der Waals surface area (Å²) in [6.07, 6.45) is 1.62. The summed E-state index contributed by atoms with van der Waals surface area (Å²) in [7, 11) is 0. The first-order chi connectivity index (χ1) is 15.0. The van der Waals surface area contributed by atoms with E-state index in [1.807, 2.05) is 31.2 Å². The summed E-state index contributed by atoms with van der Waals surface area (Å²) in [5.41, 5.74) is 3.67. The van der Waals surface area contributed by atoms with E-state index >= 15 is 0 Å². The highest BCUT2D eigenvalue weighted by Gasteiger charge is 2.13. The Kier molecular flexibility index (Phi) is 6.08. The molecule has 0 atom stereocenters. The maximum atomic E-state index is 13.9. The molecule has 6 nitrogen and oxygen atoms in total. The number of pyridine rings is 1. The molecule has 0 bridgehead atoms. The van der Waals surface area contributed by atoms with Gasteiger partial charge in [0.05, 0.1) is 16.5 Å². The highest BCUT2D eigenvalue weighted by Crippen LogP contribution is 2.25. The standard InChI is InChI=1S/C23H19FN4O2S/c1-14-3-6-16(7-4-14)22-27-23(30-28-22)17-9-10-25-21(12-17)31-13-20(29)26-19-8-5-15(2)11-18(19)24/h3-12H,13H2,1-2H3,(H,26,29). The zero-order valence-electron chi connectivity index (χ0n) is 16.9. The number of nitrogens with one attached hydrogen (secondary N) is 1. The number of carbonyl (C=O) groups excluding carboxylic acids is 1. The average Bonchev–Trinajstić information content (AvgIpc) is 3.25. The third kappa shape index (κ3) is 5.16. The fraction of sp³-hybridized carbons (Fsp3) is 0.130. The van der Waals surface area contributed by atoms with Gasteiger partial charge in [0.25, 0.3) is 5.89 Å². The van der Waals surface area contributed by atoms with Crippen LogP contribution in [0.1, 0.15) is 11.1 Å². The van der Waals surface area contributed by atoms with Gasteiger partial charge in [-0.3, -0.25) is 4.79 Å². The van der Waals surface area contributed by atoms with Crippen LogP contribution in [0.3, 0.4) is 0 Å². The maximum absolute atomic E-state index is 13.9. The van der Waals surface area contributed by atoms with Gasteiger partial charge in [-0.25, -0.2) is 9.37 Å². The number of thioether (sulfide) groups is 1. The molecule has 4 rings (SSSR count). The number of halogens is 1. The molecule has 8 heteroatoms. The van der Waals surface area contributed by atoms with Gasteiger partial charge >= 0.3 is 0 Å². The smallest absolute Gasteiger partial charge is 0.258 e. The molecule has 0 aliphatic carbocycles. The zero-order valence-corrected chi connectivity index (χ0v) is 17.7. The number of aromatic nitrogens is 3. The molecular weight excluding hydrogens is 415 g/mol. The molecule has 0 radical (unpaired) electrons. The summed E-state index contributed by atoms with van der Waals surface area (Å²) in [6.45, 7) is 3.80. The third-order valence-corrected chi connectivity index (χ3v) is 5.39. The van der Waals surface area contributed by atoms with Crippen molar-refractivity contribution in [1.29, 1.82) is 0 Å². The van der Waals surface area contributed by atoms with Gasteiger partial charge in [-0.1, -0.05) is 52.8 Å². The fourth-order valence-corrected chi connectivity index (χ4v) is 3.53. The van der Waals surface area contributed by atoms with Crippen LogP contribution >= 0.6 is 11.8 Å². The number of nitrogens with zero attached hydrogens (tertiary/aromatic N) is 3. The predicted octanol–water partition coefficient (Wildman–Crippen LogP) is 5.29. The largest absolute Gasteiger partial charge is 0.334 e. The third-order valence-electron chi connectivity index (χ3n) is 4.47. The molecule has 0 fully saturated rings. The average molecular weight is 434 g/mol. The Morgan fingerprint density at radius 3 is 2.58 bits per heavy atom. The molecule has 4 aromatic rings. The van der Waals surface area contributed by atoms with E-state index in [2.05, 4.69) is 20.4 Å². The van der Waals surface area contributed by atoms with Crippen molar-refractivity contribution in [2.45, 2.75) is 18.9 Å². The van der Waals surface area contributed by atoms with Gasteiger partial charge in [0, 0.05) is 17.3 Å². The monoisotopic (exact) mass is 434 g/mol. The molecule has 2 aromatic heterocycles. The van der Waals surface area contributed by atoms with E-state index < -0.39 is 5.82 Å². The summed E-state index contributed by atoms with van der Waals surface area (Å²) < 4.78 is 19.3. The van der Waals surface area contributed by atoms with E-state index in [0.717, 1.165) is 16.7 Å². The van der Waals surface area contributed by atoms with Crippen molar-refractivity contribution in [2.24, 2.45) is 0 Å². The molecule has 0 aliphatic rings. The number of hydrogen-bond acceptors (Lipinski definition) is 6. The van der Waals surface area contributed by atoms with Crippen molar-refractivity contribution >= 4 is 23.4 Å². The zero-order chi connectivity index (χ0) is 21.8. The molecule has 2 aromatic carbocycles. The second-order valence-electron chi connectivity index (χ2n) is 6.99. The van der Waals surface area contributed by atoms with Gasteiger partial charge in [0.2, 0.25) is 11.7 Å². The Bertz CT molecular complexity index is 1220. The van der Waals surface area contributed by atoms with Gasteiger partial charge in [-0.05, 0) is 43.7 Å². The van der Waals surface area contributed by atoms with Crippen molar-refractivity contribution < 1.29 is 13.7 Å². The summed E-state index contributed by atoms with van der Waals surface area (Å²) in [4.78, 5) is 20.9. The second kappa shape index (κ2) is 9.09. The lowest BCUT2D eigenvalue weighted by molar-refractivity contribution is -0.113. The molecule has 1 amide bonds. The van der Waals surface area contributed by atoms with Gasteiger partial charge in [-0.2, -0.15) is 4.98 Å². The van der Waals surface area contributed by atoms with Gasteiger partial charge in [-0.15, -0.1) is 0 Å². The SMILES string of the molecule is Cc1ccc(-c2noc(-c3ccnc(SCC(=O)Nc4ccc(C)cc4F)c3)n2)cc1. The van der Waals surface area contributed by atoms with E-state index in [1.165, 1.54) is 17.8 Å². The van der Waals surface area contributed by atoms with Crippen LogP contribution in [0.15, 0.2) is 70.3 Å². The lowest BCUT2D eigenvalue weighted by Gasteiger charge is -2.07. The molecule has 0 saturated heterocycles. The number of amides is 1. The number of anilines is 1. The van der Waals surface area contributed by atoms with Crippen LogP contribution in [0.5, 0.6) is 0 Å². The first kappa shape index (κ1) is 20.7. The quantitative estimate of drug-likeness (QED) is 0.416. The van der Waals surface area contributed by atoms with Crippen molar-refractivity contribution in [1.82, 2.24) is 15.1 Å². The number of benzene rings is 2. The van der Waals surface area contributed by atoms with Gasteiger partial charge in [0.15, 0.2) is 0 Å². The number of carbonyl (C=O) groups is 1. The van der Waals surface area contributed by atoms with E-state index in [1.54, 1.807) is 37.4 Å². The molecule has 2 heterocycles. The van der Waals surface area contributed by atoms with Crippen LogP contribution in [-0.4, -0.2) is 26.8 Å². The lowest BCUT2D eigenvalue weighted by Crippen LogP contribution is -2.15. The first-order valence-corrected chi connectivity index (χ1v) is 10.5. The van der Waals surface area contributed by atoms with Crippen LogP contribution in [0.2, 0.25) is 0 Å². The van der Waals surface area contributed by atoms with Crippen molar-refractivity contribution in [3.05, 3.63) is 77.7 Å². The lowest BCUT2D eigenvalue weighted by atomic mass is 10.1. The van der Waals surface area contributed by atoms with Gasteiger partial charge < -0.3 is 9.84 Å². The van der Waals surface area contributed by atoms with E-state index in [0.29, 0.717) is 22.3 Å². The van der Waals surface area contributed by atoms with E-state index in [-0.39, 0.29) is 17.3 Å². The molecule has 31 heavy (non-hydrogen) atoms. The minimum absolute atomic E-state index is 0.0855. The van der Waals surface area contributed by atoms with Crippen LogP contribution in [0, 0.1) is 19.7 Å². The van der Waals surface area contributed by atoms with Crippen LogP contribution < -0.4 is 5.32 Å². The molecule has 156 valence electrons. The highest BCUT2D eigenvalue weighted by atomic mass is 32.2. The summed E-state index contributed by atoms with van der Waals surface area (Å²) in [5.74, 6) is 0.174. The highest BCUT2D eigenvalue weighted by molar-refractivity contribution is 7.99. The van der Waals surface area contributed by atoms with Crippen molar-refractivity contribution in [3.63, 3.8) is 0 Å². The van der Waals surface area contributed by atoms with Gasteiger partial charge in [0.1, 0.15) is 5.82 Å². The maximum Gasteiger partial charge on any atom is 0.258 e. The Morgan fingerprint density at radius 1 is 1.03 bits per heavy atom. The molecule has 0 unspecified atom stereocenters. The minimum Gasteiger partial charge on any atom is -0.334 e. The van der Waals surface area contributed by atoms with E-state index in [9.17, 15) is 9.18 Å².